The lowest BCUT2D eigenvalue weighted by molar-refractivity contribution is -0.131. The Balaban J connectivity index is 2.85. The van der Waals surface area contributed by atoms with E-state index in [1.54, 1.807) is 24.3 Å². The normalized spacial score (nSPS) is 10.0. The van der Waals surface area contributed by atoms with Crippen LogP contribution in [0.1, 0.15) is 10.4 Å². The second-order valence-electron chi connectivity index (χ2n) is 3.71. The van der Waals surface area contributed by atoms with Crippen LogP contribution in [-0.2, 0) is 9.59 Å². The molecule has 104 valence electrons. The molecule has 6 heteroatoms. The summed E-state index contributed by atoms with van der Waals surface area (Å²) in [5, 5.41) is 13.5. The predicted molar refractivity (Wildman–Crippen MR) is 74.4 cm³/mol. The van der Waals surface area contributed by atoms with Gasteiger partial charge >= 0.3 is 5.97 Å². The molecule has 0 aliphatic heterocycles. The average molecular weight is 274 g/mol. The molecule has 1 aromatic rings. The molecule has 1 aromatic carbocycles. The molecule has 0 bridgehead atoms. The molecular weight excluding hydrogens is 260 g/mol. The van der Waals surface area contributed by atoms with Gasteiger partial charge in [0.1, 0.15) is 0 Å². The summed E-state index contributed by atoms with van der Waals surface area (Å²) in [6.07, 6.45) is 3.13. The van der Waals surface area contributed by atoms with Crippen molar-refractivity contribution >= 4 is 23.5 Å². The van der Waals surface area contributed by atoms with E-state index in [1.807, 2.05) is 0 Å². The smallest absolute Gasteiger partial charge is 0.328 e. The first-order valence-corrected chi connectivity index (χ1v) is 5.74. The van der Waals surface area contributed by atoms with E-state index in [2.05, 4.69) is 17.2 Å². The van der Waals surface area contributed by atoms with Crippen molar-refractivity contribution in [2.45, 2.75) is 0 Å². The van der Waals surface area contributed by atoms with Gasteiger partial charge in [0, 0.05) is 18.7 Å². The number of carbonyl (C=O) groups excluding carboxylic acids is 2. The highest BCUT2D eigenvalue weighted by Gasteiger charge is 2.11. The second-order valence-corrected chi connectivity index (χ2v) is 3.71. The first kappa shape index (κ1) is 15.2. The second kappa shape index (κ2) is 7.52. The van der Waals surface area contributed by atoms with E-state index >= 15 is 0 Å². The fourth-order valence-corrected chi connectivity index (χ4v) is 1.37. The van der Waals surface area contributed by atoms with Gasteiger partial charge in [-0.25, -0.2) is 4.79 Å². The molecule has 2 amide bonds. The van der Waals surface area contributed by atoms with Gasteiger partial charge in [-0.3, -0.25) is 9.59 Å². The Labute approximate surface area is 115 Å². The van der Waals surface area contributed by atoms with Crippen molar-refractivity contribution in [1.82, 2.24) is 5.32 Å². The Kier molecular flexibility index (Phi) is 5.71. The van der Waals surface area contributed by atoms with Crippen molar-refractivity contribution < 1.29 is 19.5 Å². The largest absolute Gasteiger partial charge is 0.478 e. The number of benzene rings is 1. The summed E-state index contributed by atoms with van der Waals surface area (Å²) in [5.41, 5.74) is 0.584. The van der Waals surface area contributed by atoms with E-state index in [4.69, 9.17) is 5.11 Å². The molecule has 0 heterocycles. The molecule has 3 N–H and O–H groups in total. The lowest BCUT2D eigenvalue weighted by Crippen LogP contribution is -2.25. The summed E-state index contributed by atoms with van der Waals surface area (Å²) in [5.74, 6) is -2.21. The molecule has 0 saturated heterocycles. The zero-order chi connectivity index (χ0) is 15.0. The van der Waals surface area contributed by atoms with Gasteiger partial charge in [0.15, 0.2) is 0 Å². The van der Waals surface area contributed by atoms with Crippen LogP contribution in [0.5, 0.6) is 0 Å². The Bertz CT molecular complexity index is 564. The molecule has 0 aliphatic rings. The number of nitrogens with one attached hydrogen (secondary N) is 2. The average Bonchev–Trinajstić information content (AvgIpc) is 2.43. The van der Waals surface area contributed by atoms with Crippen LogP contribution in [0.4, 0.5) is 5.69 Å². The van der Waals surface area contributed by atoms with Gasteiger partial charge in [-0.05, 0) is 12.1 Å². The number of carboxylic acids is 1. The number of amides is 2. The van der Waals surface area contributed by atoms with Gasteiger partial charge in [-0.2, -0.15) is 0 Å². The summed E-state index contributed by atoms with van der Waals surface area (Å²) in [6, 6.07) is 6.41. The minimum absolute atomic E-state index is 0.284. The molecule has 0 aromatic heterocycles. The number of para-hydroxylation sites is 1. The van der Waals surface area contributed by atoms with Crippen LogP contribution in [0.3, 0.4) is 0 Å². The topological polar surface area (TPSA) is 95.5 Å². The SMILES string of the molecule is C=CCNC(=O)c1ccccc1NC(=O)/C=C/C(=O)O. The van der Waals surface area contributed by atoms with E-state index in [1.165, 1.54) is 6.08 Å². The maximum absolute atomic E-state index is 11.8. The lowest BCUT2D eigenvalue weighted by Gasteiger charge is -2.09. The van der Waals surface area contributed by atoms with Crippen LogP contribution < -0.4 is 10.6 Å². The van der Waals surface area contributed by atoms with Crippen molar-refractivity contribution in [3.05, 3.63) is 54.6 Å². The summed E-state index contributed by atoms with van der Waals surface area (Å²) < 4.78 is 0. The fourth-order valence-electron chi connectivity index (χ4n) is 1.37. The van der Waals surface area contributed by atoms with Crippen molar-refractivity contribution in [3.63, 3.8) is 0 Å². The van der Waals surface area contributed by atoms with E-state index in [0.29, 0.717) is 12.2 Å². The molecule has 0 unspecified atom stereocenters. The first-order valence-electron chi connectivity index (χ1n) is 5.74. The summed E-state index contributed by atoms with van der Waals surface area (Å²) >= 11 is 0. The van der Waals surface area contributed by atoms with E-state index in [0.717, 1.165) is 12.2 Å². The van der Waals surface area contributed by atoms with Crippen molar-refractivity contribution in [2.75, 3.05) is 11.9 Å². The molecule has 0 atom stereocenters. The zero-order valence-electron chi connectivity index (χ0n) is 10.6. The van der Waals surface area contributed by atoms with E-state index in [-0.39, 0.29) is 11.5 Å². The third kappa shape index (κ3) is 4.77. The van der Waals surface area contributed by atoms with Crippen molar-refractivity contribution in [3.8, 4) is 0 Å². The highest BCUT2D eigenvalue weighted by molar-refractivity contribution is 6.07. The third-order valence-corrected chi connectivity index (χ3v) is 2.21. The van der Waals surface area contributed by atoms with E-state index < -0.39 is 11.9 Å². The quantitative estimate of drug-likeness (QED) is 0.536. The number of anilines is 1. The van der Waals surface area contributed by atoms with Crippen LogP contribution >= 0.6 is 0 Å². The van der Waals surface area contributed by atoms with Gasteiger partial charge in [0.05, 0.1) is 11.3 Å². The number of rotatable bonds is 6. The molecule has 20 heavy (non-hydrogen) atoms. The van der Waals surface area contributed by atoms with Crippen LogP contribution in [0.25, 0.3) is 0 Å². The Morgan fingerprint density at radius 3 is 2.55 bits per heavy atom. The molecule has 0 aliphatic carbocycles. The van der Waals surface area contributed by atoms with Gasteiger partial charge in [0.2, 0.25) is 5.91 Å². The molecule has 0 spiro atoms. The Hall–Kier alpha value is -2.89. The minimum Gasteiger partial charge on any atom is -0.478 e. The monoisotopic (exact) mass is 274 g/mol. The van der Waals surface area contributed by atoms with Gasteiger partial charge in [-0.15, -0.1) is 6.58 Å². The van der Waals surface area contributed by atoms with Crippen LogP contribution in [0.15, 0.2) is 49.1 Å². The molecule has 0 radical (unpaired) electrons. The maximum atomic E-state index is 11.8. The summed E-state index contributed by atoms with van der Waals surface area (Å²) in [6.45, 7) is 3.79. The number of hydrogen-bond donors (Lipinski definition) is 3. The van der Waals surface area contributed by atoms with Crippen molar-refractivity contribution in [2.24, 2.45) is 0 Å². The summed E-state index contributed by atoms with van der Waals surface area (Å²) in [7, 11) is 0. The summed E-state index contributed by atoms with van der Waals surface area (Å²) in [4.78, 5) is 33.7. The number of hydrogen-bond acceptors (Lipinski definition) is 3. The molecule has 6 nitrogen and oxygen atoms in total. The van der Waals surface area contributed by atoms with Gasteiger partial charge in [-0.1, -0.05) is 18.2 Å². The molecule has 1 rings (SSSR count). The number of carboxylic acid groups (broad SMARTS) is 1. The van der Waals surface area contributed by atoms with Crippen molar-refractivity contribution in [1.29, 1.82) is 0 Å². The highest BCUT2D eigenvalue weighted by atomic mass is 16.4. The van der Waals surface area contributed by atoms with Gasteiger partial charge < -0.3 is 15.7 Å². The standard InChI is InChI=1S/C14H14N2O4/c1-2-9-15-14(20)10-5-3-4-6-11(10)16-12(17)7-8-13(18)19/h2-8H,1,9H2,(H,15,20)(H,16,17)(H,18,19)/b8-7+. The Morgan fingerprint density at radius 1 is 1.20 bits per heavy atom. The number of aliphatic carboxylic acids is 1. The van der Waals surface area contributed by atoms with Crippen LogP contribution in [0, 0.1) is 0 Å². The molecule has 0 saturated carbocycles. The highest BCUT2D eigenvalue weighted by Crippen LogP contribution is 2.14. The number of carbonyl (C=O) groups is 3. The first-order chi connectivity index (χ1) is 9.54. The molecule has 0 fully saturated rings. The fraction of sp³-hybridized carbons (Fsp3) is 0.0714. The maximum Gasteiger partial charge on any atom is 0.328 e. The minimum atomic E-state index is -1.22. The van der Waals surface area contributed by atoms with Crippen LogP contribution in [-0.4, -0.2) is 29.4 Å². The zero-order valence-corrected chi connectivity index (χ0v) is 10.6. The third-order valence-electron chi connectivity index (χ3n) is 2.21. The van der Waals surface area contributed by atoms with Gasteiger partial charge in [0.25, 0.3) is 5.91 Å². The Morgan fingerprint density at radius 2 is 1.90 bits per heavy atom. The van der Waals surface area contributed by atoms with Crippen LogP contribution in [0.2, 0.25) is 0 Å². The lowest BCUT2D eigenvalue weighted by atomic mass is 10.1. The van der Waals surface area contributed by atoms with E-state index in [9.17, 15) is 14.4 Å². The predicted octanol–water partition coefficient (Wildman–Crippen LogP) is 1.18. The molecular formula is C14H14N2O4.